The molecule has 0 fully saturated rings. The Morgan fingerprint density at radius 3 is 2.52 bits per heavy atom. The third-order valence-electron chi connectivity index (χ3n) is 5.09. The minimum Gasteiger partial charge on any atom is -0.348 e. The molecule has 0 saturated carbocycles. The number of aryl methyl sites for hydroxylation is 2. The van der Waals surface area contributed by atoms with E-state index in [2.05, 4.69) is 21.9 Å². The average Bonchev–Trinajstić information content (AvgIpc) is 3.27. The van der Waals surface area contributed by atoms with Crippen molar-refractivity contribution in [2.24, 2.45) is 0 Å². The Labute approximate surface area is 168 Å². The van der Waals surface area contributed by atoms with Gasteiger partial charge in [0.25, 0.3) is 11.7 Å². The summed E-state index contributed by atoms with van der Waals surface area (Å²) in [6.07, 6.45) is 2.01. The molecule has 1 amide bonds. The van der Waals surface area contributed by atoms with Gasteiger partial charge in [0, 0.05) is 29.3 Å². The minimum absolute atomic E-state index is 0.338. The number of amides is 1. The summed E-state index contributed by atoms with van der Waals surface area (Å²) in [5, 5.41) is 8.20. The maximum absolute atomic E-state index is 12.9. The van der Waals surface area contributed by atoms with Gasteiger partial charge in [-0.2, -0.15) is 5.10 Å². The molecule has 0 aliphatic rings. The van der Waals surface area contributed by atoms with Crippen molar-refractivity contribution in [3.8, 4) is 5.69 Å². The van der Waals surface area contributed by atoms with Gasteiger partial charge in [-0.1, -0.05) is 18.2 Å². The van der Waals surface area contributed by atoms with Crippen LogP contribution in [-0.4, -0.2) is 26.0 Å². The summed E-state index contributed by atoms with van der Waals surface area (Å²) in [4.78, 5) is 25.5. The number of benzene rings is 2. The Bertz CT molecular complexity index is 1220. The van der Waals surface area contributed by atoms with Crippen molar-refractivity contribution in [2.45, 2.75) is 27.3 Å². The molecule has 0 spiro atoms. The smallest absolute Gasteiger partial charge is 0.296 e. The first kappa shape index (κ1) is 18.7. The van der Waals surface area contributed by atoms with Crippen LogP contribution in [0.4, 0.5) is 5.69 Å². The fourth-order valence-electron chi connectivity index (χ4n) is 3.65. The van der Waals surface area contributed by atoms with E-state index >= 15 is 0 Å². The molecule has 4 aromatic rings. The Hall–Kier alpha value is -3.67. The summed E-state index contributed by atoms with van der Waals surface area (Å²) < 4.78 is 3.81. The van der Waals surface area contributed by atoms with Gasteiger partial charge in [-0.15, -0.1) is 0 Å². The lowest BCUT2D eigenvalue weighted by atomic mass is 10.1. The van der Waals surface area contributed by atoms with Gasteiger partial charge < -0.3 is 9.88 Å². The van der Waals surface area contributed by atoms with Crippen LogP contribution in [0.1, 0.15) is 28.7 Å². The third kappa shape index (κ3) is 3.33. The number of aromatic nitrogens is 3. The summed E-state index contributed by atoms with van der Waals surface area (Å²) >= 11 is 0. The summed E-state index contributed by atoms with van der Waals surface area (Å²) in [6, 6.07) is 17.2. The van der Waals surface area contributed by atoms with Crippen LogP contribution < -0.4 is 5.32 Å². The van der Waals surface area contributed by atoms with Crippen molar-refractivity contribution >= 4 is 28.3 Å². The molecule has 4 rings (SSSR count). The van der Waals surface area contributed by atoms with E-state index in [1.54, 1.807) is 18.5 Å². The molecule has 0 saturated heterocycles. The number of nitrogens with zero attached hydrogens (tertiary/aromatic N) is 3. The van der Waals surface area contributed by atoms with Crippen LogP contribution in [0.15, 0.2) is 60.8 Å². The Kier molecular flexibility index (Phi) is 4.76. The second kappa shape index (κ2) is 7.39. The van der Waals surface area contributed by atoms with Crippen LogP contribution in [-0.2, 0) is 11.3 Å². The first-order chi connectivity index (χ1) is 14.0. The third-order valence-corrected chi connectivity index (χ3v) is 5.09. The zero-order valence-corrected chi connectivity index (χ0v) is 16.6. The number of rotatable bonds is 5. The van der Waals surface area contributed by atoms with E-state index in [0.717, 1.165) is 23.1 Å². The van der Waals surface area contributed by atoms with Crippen LogP contribution >= 0.6 is 0 Å². The molecule has 146 valence electrons. The van der Waals surface area contributed by atoms with Crippen LogP contribution in [0.3, 0.4) is 0 Å². The number of ketones is 1. The molecule has 0 unspecified atom stereocenters. The average molecular weight is 386 g/mol. The van der Waals surface area contributed by atoms with Crippen molar-refractivity contribution in [2.75, 3.05) is 5.32 Å². The highest BCUT2D eigenvalue weighted by Crippen LogP contribution is 2.22. The molecule has 0 bridgehead atoms. The first-order valence-electron chi connectivity index (χ1n) is 9.55. The number of Topliss-reactive ketones (excluding diaryl/α,β-unsaturated/α-hetero) is 1. The fraction of sp³-hybridized carbons (Fsp3) is 0.174. The van der Waals surface area contributed by atoms with Gasteiger partial charge in [-0.05, 0) is 57.2 Å². The zero-order valence-electron chi connectivity index (χ0n) is 16.6. The molecule has 29 heavy (non-hydrogen) atoms. The number of hydrogen-bond acceptors (Lipinski definition) is 3. The number of hydrogen-bond donors (Lipinski definition) is 1. The normalized spacial score (nSPS) is 11.0. The number of carbonyl (C=O) groups is 2. The second-order valence-electron chi connectivity index (χ2n) is 6.95. The maximum atomic E-state index is 12.9. The first-order valence-corrected chi connectivity index (χ1v) is 9.55. The van der Waals surface area contributed by atoms with E-state index in [1.165, 1.54) is 0 Å². The van der Waals surface area contributed by atoms with E-state index in [-0.39, 0.29) is 0 Å². The number of nitrogens with one attached hydrogen (secondary N) is 1. The van der Waals surface area contributed by atoms with Gasteiger partial charge in [0.15, 0.2) is 0 Å². The van der Waals surface area contributed by atoms with Crippen molar-refractivity contribution in [3.05, 3.63) is 77.7 Å². The summed E-state index contributed by atoms with van der Waals surface area (Å²) in [7, 11) is 0. The number of carbonyl (C=O) groups excluding carboxylic acids is 2. The number of fused-ring (bicyclic) bond motifs is 1. The summed E-state index contributed by atoms with van der Waals surface area (Å²) in [5.74, 6) is -1.26. The van der Waals surface area contributed by atoms with E-state index in [1.807, 2.05) is 60.8 Å². The molecule has 2 aromatic carbocycles. The minimum atomic E-state index is -0.668. The highest BCUT2D eigenvalue weighted by atomic mass is 16.2. The van der Waals surface area contributed by atoms with E-state index in [0.29, 0.717) is 22.6 Å². The maximum Gasteiger partial charge on any atom is 0.296 e. The van der Waals surface area contributed by atoms with Gasteiger partial charge in [-0.3, -0.25) is 9.59 Å². The monoisotopic (exact) mass is 386 g/mol. The van der Waals surface area contributed by atoms with Crippen LogP contribution in [0.25, 0.3) is 16.6 Å². The Balaban J connectivity index is 1.60. The highest BCUT2D eigenvalue weighted by Gasteiger charge is 2.25. The van der Waals surface area contributed by atoms with Crippen LogP contribution in [0, 0.1) is 13.8 Å². The molecular formula is C23H22N4O2. The van der Waals surface area contributed by atoms with E-state index in [9.17, 15) is 9.59 Å². The largest absolute Gasteiger partial charge is 0.348 e. The predicted octanol–water partition coefficient (Wildman–Crippen LogP) is 4.29. The Morgan fingerprint density at radius 1 is 1.03 bits per heavy atom. The van der Waals surface area contributed by atoms with Gasteiger partial charge in [-0.25, -0.2) is 4.68 Å². The van der Waals surface area contributed by atoms with Gasteiger partial charge in [0.05, 0.1) is 22.6 Å². The lowest BCUT2D eigenvalue weighted by Crippen LogP contribution is -2.24. The van der Waals surface area contributed by atoms with Gasteiger partial charge in [0.1, 0.15) is 0 Å². The van der Waals surface area contributed by atoms with Crippen molar-refractivity contribution in [1.82, 2.24) is 14.3 Å². The topological polar surface area (TPSA) is 68.9 Å². The highest BCUT2D eigenvalue weighted by molar-refractivity contribution is 6.47. The molecule has 1 N–H and O–H groups in total. The fourth-order valence-corrected chi connectivity index (χ4v) is 3.65. The van der Waals surface area contributed by atoms with Crippen molar-refractivity contribution in [1.29, 1.82) is 0 Å². The van der Waals surface area contributed by atoms with Gasteiger partial charge >= 0.3 is 0 Å². The molecule has 0 aliphatic heterocycles. The molecule has 0 radical (unpaired) electrons. The number of anilines is 1. The van der Waals surface area contributed by atoms with Crippen LogP contribution in [0.5, 0.6) is 0 Å². The van der Waals surface area contributed by atoms with E-state index < -0.39 is 11.7 Å². The second-order valence-corrected chi connectivity index (χ2v) is 6.95. The molecule has 0 aliphatic carbocycles. The standard InChI is InChI=1S/C23H22N4O2/c1-4-26-13-12-17-14-18(10-11-20(17)26)24-23(29)22(28)21-15(2)25-27(16(21)3)19-8-6-5-7-9-19/h5-14H,4H2,1-3H3,(H,24,29). The number of para-hydroxylation sites is 1. The predicted molar refractivity (Wildman–Crippen MR) is 114 cm³/mol. The summed E-state index contributed by atoms with van der Waals surface area (Å²) in [6.45, 7) is 6.49. The van der Waals surface area contributed by atoms with Gasteiger partial charge in [0.2, 0.25) is 0 Å². The molecule has 6 heteroatoms. The SMILES string of the molecule is CCn1ccc2cc(NC(=O)C(=O)c3c(C)nn(-c4ccccc4)c3C)ccc21. The zero-order chi connectivity index (χ0) is 20.5. The Morgan fingerprint density at radius 2 is 1.79 bits per heavy atom. The molecule has 2 heterocycles. The van der Waals surface area contributed by atoms with E-state index in [4.69, 9.17) is 0 Å². The lowest BCUT2D eigenvalue weighted by Gasteiger charge is -2.07. The summed E-state index contributed by atoms with van der Waals surface area (Å²) in [5.41, 5.74) is 4.04. The quantitative estimate of drug-likeness (QED) is 0.411. The van der Waals surface area contributed by atoms with Crippen molar-refractivity contribution < 1.29 is 9.59 Å². The molecule has 0 atom stereocenters. The van der Waals surface area contributed by atoms with Crippen molar-refractivity contribution in [3.63, 3.8) is 0 Å². The molecule has 2 aromatic heterocycles. The lowest BCUT2D eigenvalue weighted by molar-refractivity contribution is -0.112. The molecular weight excluding hydrogens is 364 g/mol. The van der Waals surface area contributed by atoms with Crippen LogP contribution in [0.2, 0.25) is 0 Å². The molecule has 6 nitrogen and oxygen atoms in total.